The minimum absolute atomic E-state index is 0.0891. The Balaban J connectivity index is 3.28. The van der Waals surface area contributed by atoms with E-state index in [1.54, 1.807) is 0 Å². The van der Waals surface area contributed by atoms with Gasteiger partial charge in [-0.05, 0) is 0 Å². The summed E-state index contributed by atoms with van der Waals surface area (Å²) in [5.41, 5.74) is 0. The molecule has 0 N–H and O–H groups in total. The first-order chi connectivity index (χ1) is 5.16. The Bertz CT molecular complexity index is 199. The van der Waals surface area contributed by atoms with Crippen LogP contribution >= 0.6 is 0 Å². The zero-order valence-corrected chi connectivity index (χ0v) is 6.58. The lowest BCUT2D eigenvalue weighted by molar-refractivity contribution is -0.138. The summed E-state index contributed by atoms with van der Waals surface area (Å²) < 4.78 is 28.0. The number of hydrogen-bond acceptors (Lipinski definition) is 5. The monoisotopic (exact) mass is 180 g/mol. The average Bonchev–Trinajstić information content (AvgIpc) is 1.97. The van der Waals surface area contributed by atoms with Crippen LogP contribution in [0, 0.1) is 0 Å². The number of ether oxygens (including phenoxy) is 1. The summed E-state index contributed by atoms with van der Waals surface area (Å²) in [6, 6.07) is 0. The van der Waals surface area contributed by atoms with E-state index in [0.29, 0.717) is 0 Å². The normalized spacial score (nSPS) is 9.55. The zero-order chi connectivity index (χ0) is 8.69. The Morgan fingerprint density at radius 1 is 1.45 bits per heavy atom. The van der Waals surface area contributed by atoms with E-state index in [4.69, 9.17) is 0 Å². The lowest BCUT2D eigenvalue weighted by Crippen LogP contribution is -2.07. The standard InChI is InChI=1S/C5H8O5S/c1-2-5(6)9-3-4-10-11(7)8/h2,11H,1,3-4H2. The van der Waals surface area contributed by atoms with Gasteiger partial charge >= 0.3 is 5.97 Å². The van der Waals surface area contributed by atoms with Gasteiger partial charge in [-0.1, -0.05) is 6.58 Å². The quantitative estimate of drug-likeness (QED) is 0.261. The summed E-state index contributed by atoms with van der Waals surface area (Å²) in [6.07, 6.45) is 0.983. The largest absolute Gasteiger partial charge is 0.460 e. The molecule has 0 heterocycles. The van der Waals surface area contributed by atoms with Gasteiger partial charge in [-0.3, -0.25) is 4.18 Å². The van der Waals surface area contributed by atoms with Crippen LogP contribution in [0.4, 0.5) is 0 Å². The Hall–Kier alpha value is -0.880. The Morgan fingerprint density at radius 3 is 2.55 bits per heavy atom. The first-order valence-corrected chi connectivity index (χ1v) is 3.83. The molecule has 0 spiro atoms. The fraction of sp³-hybridized carbons (Fsp3) is 0.400. The van der Waals surface area contributed by atoms with Crippen molar-refractivity contribution in [2.45, 2.75) is 0 Å². The van der Waals surface area contributed by atoms with Crippen LogP contribution in [0.15, 0.2) is 12.7 Å². The Morgan fingerprint density at radius 2 is 2.09 bits per heavy atom. The lowest BCUT2D eigenvalue weighted by Gasteiger charge is -1.97. The van der Waals surface area contributed by atoms with Crippen LogP contribution in [0.1, 0.15) is 0 Å². The maximum Gasteiger partial charge on any atom is 0.330 e. The fourth-order valence-electron chi connectivity index (χ4n) is 0.313. The van der Waals surface area contributed by atoms with Gasteiger partial charge in [0, 0.05) is 6.08 Å². The van der Waals surface area contributed by atoms with E-state index < -0.39 is 17.0 Å². The van der Waals surface area contributed by atoms with Crippen LogP contribution < -0.4 is 0 Å². The fourth-order valence-corrected chi connectivity index (χ4v) is 0.537. The Kier molecular flexibility index (Phi) is 5.40. The summed E-state index contributed by atoms with van der Waals surface area (Å²) in [6.45, 7) is 2.90. The summed E-state index contributed by atoms with van der Waals surface area (Å²) in [5, 5.41) is 0. The molecule has 0 aliphatic rings. The summed E-state index contributed by atoms with van der Waals surface area (Å²) >= 11 is 0. The maximum atomic E-state index is 10.3. The second kappa shape index (κ2) is 5.87. The molecule has 0 aliphatic heterocycles. The second-order valence-electron chi connectivity index (χ2n) is 1.43. The number of esters is 1. The molecule has 0 atom stereocenters. The van der Waals surface area contributed by atoms with Crippen molar-refractivity contribution in [1.82, 2.24) is 0 Å². The molecule has 0 radical (unpaired) electrons. The molecule has 11 heavy (non-hydrogen) atoms. The van der Waals surface area contributed by atoms with Crippen molar-refractivity contribution in [3.8, 4) is 0 Å². The van der Waals surface area contributed by atoms with Crippen LogP contribution in [0.3, 0.4) is 0 Å². The third-order valence-corrected chi connectivity index (χ3v) is 1.08. The number of carbonyl (C=O) groups excluding carboxylic acids is 1. The van der Waals surface area contributed by atoms with E-state index in [0.717, 1.165) is 6.08 Å². The zero-order valence-electron chi connectivity index (χ0n) is 5.69. The molecule has 0 saturated carbocycles. The van der Waals surface area contributed by atoms with Gasteiger partial charge in [0.05, 0.1) is 0 Å². The predicted octanol–water partition coefficient (Wildman–Crippen LogP) is -0.741. The van der Waals surface area contributed by atoms with Crippen molar-refractivity contribution in [2.24, 2.45) is 0 Å². The molecule has 0 aliphatic carbocycles. The molecule has 0 fully saturated rings. The van der Waals surface area contributed by atoms with Crippen molar-refractivity contribution in [2.75, 3.05) is 13.2 Å². The molecule has 0 aromatic heterocycles. The van der Waals surface area contributed by atoms with Gasteiger partial charge in [-0.15, -0.1) is 0 Å². The van der Waals surface area contributed by atoms with E-state index in [-0.39, 0.29) is 13.2 Å². The SMILES string of the molecule is C=CC(=O)OCCO[SH](=O)=O. The third kappa shape index (κ3) is 7.01. The highest BCUT2D eigenvalue weighted by Gasteiger charge is 1.94. The molecule has 5 nitrogen and oxygen atoms in total. The van der Waals surface area contributed by atoms with Gasteiger partial charge in [-0.25, -0.2) is 13.2 Å². The molecule has 0 bridgehead atoms. The topological polar surface area (TPSA) is 69.7 Å². The molecule has 64 valence electrons. The maximum absolute atomic E-state index is 10.3. The molecule has 0 rings (SSSR count). The average molecular weight is 180 g/mol. The molecule has 0 saturated heterocycles. The van der Waals surface area contributed by atoms with Crippen LogP contribution in [0.5, 0.6) is 0 Å². The van der Waals surface area contributed by atoms with Crippen molar-refractivity contribution in [1.29, 1.82) is 0 Å². The van der Waals surface area contributed by atoms with E-state index in [9.17, 15) is 13.2 Å². The molecule has 0 aromatic carbocycles. The van der Waals surface area contributed by atoms with Gasteiger partial charge < -0.3 is 4.74 Å². The number of thiol groups is 1. The smallest absolute Gasteiger partial charge is 0.330 e. The van der Waals surface area contributed by atoms with Gasteiger partial charge in [0.15, 0.2) is 0 Å². The number of hydrogen-bond donors (Lipinski definition) is 1. The van der Waals surface area contributed by atoms with E-state index in [1.807, 2.05) is 0 Å². The highest BCUT2D eigenvalue weighted by atomic mass is 32.2. The first kappa shape index (κ1) is 10.1. The molecule has 6 heteroatoms. The highest BCUT2D eigenvalue weighted by molar-refractivity contribution is 7.67. The molecule has 0 amide bonds. The van der Waals surface area contributed by atoms with Gasteiger partial charge in [0.25, 0.3) is 11.0 Å². The van der Waals surface area contributed by atoms with Crippen molar-refractivity contribution in [3.63, 3.8) is 0 Å². The molecule has 0 aromatic rings. The van der Waals surface area contributed by atoms with Crippen LogP contribution in [-0.2, 0) is 24.7 Å². The van der Waals surface area contributed by atoms with Crippen LogP contribution in [0.2, 0.25) is 0 Å². The molecule has 0 unspecified atom stereocenters. The van der Waals surface area contributed by atoms with Gasteiger partial charge in [-0.2, -0.15) is 0 Å². The number of rotatable bonds is 5. The van der Waals surface area contributed by atoms with E-state index in [1.165, 1.54) is 0 Å². The van der Waals surface area contributed by atoms with Crippen molar-refractivity contribution >= 4 is 17.0 Å². The van der Waals surface area contributed by atoms with Crippen molar-refractivity contribution < 1.29 is 22.1 Å². The second-order valence-corrected chi connectivity index (χ2v) is 2.13. The Labute approximate surface area is 65.8 Å². The lowest BCUT2D eigenvalue weighted by atomic mass is 10.6. The van der Waals surface area contributed by atoms with Gasteiger partial charge in [0.1, 0.15) is 13.2 Å². The molecular weight excluding hydrogens is 172 g/mol. The minimum atomic E-state index is -2.85. The molecular formula is C5H8O5S. The van der Waals surface area contributed by atoms with Crippen LogP contribution in [-0.4, -0.2) is 27.6 Å². The van der Waals surface area contributed by atoms with Crippen LogP contribution in [0.25, 0.3) is 0 Å². The number of carbonyl (C=O) groups is 1. The van der Waals surface area contributed by atoms with E-state index in [2.05, 4.69) is 15.5 Å². The summed E-state index contributed by atoms with van der Waals surface area (Å²) in [4.78, 5) is 10.3. The van der Waals surface area contributed by atoms with Gasteiger partial charge in [0.2, 0.25) is 0 Å². The van der Waals surface area contributed by atoms with E-state index >= 15 is 0 Å². The highest BCUT2D eigenvalue weighted by Crippen LogP contribution is 1.80. The minimum Gasteiger partial charge on any atom is -0.460 e. The van der Waals surface area contributed by atoms with Crippen molar-refractivity contribution in [3.05, 3.63) is 12.7 Å². The predicted molar refractivity (Wildman–Crippen MR) is 37.4 cm³/mol. The summed E-state index contributed by atoms with van der Waals surface area (Å²) in [7, 11) is -2.85. The summed E-state index contributed by atoms with van der Waals surface area (Å²) in [5.74, 6) is -0.602. The third-order valence-electron chi connectivity index (χ3n) is 0.691. The first-order valence-electron chi connectivity index (χ1n) is 2.73.